The summed E-state index contributed by atoms with van der Waals surface area (Å²) in [5, 5.41) is 7.51. The quantitative estimate of drug-likeness (QED) is 0.498. The maximum absolute atomic E-state index is 13.1. The zero-order valence-electron chi connectivity index (χ0n) is 17.2. The summed E-state index contributed by atoms with van der Waals surface area (Å²) in [6.07, 6.45) is 5.10. The van der Waals surface area contributed by atoms with Gasteiger partial charge in [0.25, 0.3) is 5.91 Å². The summed E-state index contributed by atoms with van der Waals surface area (Å²) in [7, 11) is 3.23. The fraction of sp³-hybridized carbons (Fsp3) is 0.125. The molecule has 0 unspecified atom stereocenters. The lowest BCUT2D eigenvalue weighted by Crippen LogP contribution is -2.29. The number of nitrogens with zero attached hydrogens (tertiary/aromatic N) is 3. The summed E-state index contributed by atoms with van der Waals surface area (Å²) >= 11 is 0. The Kier molecular flexibility index (Phi) is 5.93. The molecule has 0 aliphatic carbocycles. The summed E-state index contributed by atoms with van der Waals surface area (Å²) < 4.78 is 12.4. The van der Waals surface area contributed by atoms with E-state index in [4.69, 9.17) is 9.47 Å². The van der Waals surface area contributed by atoms with Crippen LogP contribution in [0.4, 0.5) is 0 Å². The van der Waals surface area contributed by atoms with E-state index >= 15 is 0 Å². The number of pyridine rings is 1. The lowest BCUT2D eigenvalue weighted by molar-refractivity contribution is 0.0937. The Bertz CT molecular complexity index is 1130. The lowest BCUT2D eigenvalue weighted by atomic mass is 9.98. The molecule has 4 aromatic rings. The normalized spacial score (nSPS) is 10.7. The Morgan fingerprint density at radius 1 is 0.903 bits per heavy atom. The standard InChI is InChI=1S/C24H22N4O3/c1-30-20-7-3-5-17(15-20)23(18-6-4-8-21(16-18)31-2)26-24(29)22-11-14-28(27-22)19-9-12-25-13-10-19/h3-16,23H,1-2H3,(H,26,29). The number of carbonyl (C=O) groups is 1. The van der Waals surface area contributed by atoms with Gasteiger partial charge in [0.2, 0.25) is 0 Å². The van der Waals surface area contributed by atoms with Gasteiger partial charge in [0.1, 0.15) is 11.5 Å². The van der Waals surface area contributed by atoms with E-state index in [9.17, 15) is 4.79 Å². The molecule has 156 valence electrons. The van der Waals surface area contributed by atoms with Gasteiger partial charge in [-0.15, -0.1) is 0 Å². The zero-order valence-corrected chi connectivity index (χ0v) is 17.2. The molecule has 4 rings (SSSR count). The van der Waals surface area contributed by atoms with Crippen molar-refractivity contribution in [2.45, 2.75) is 6.04 Å². The van der Waals surface area contributed by atoms with Crippen molar-refractivity contribution in [1.82, 2.24) is 20.1 Å². The number of hydrogen-bond acceptors (Lipinski definition) is 5. The number of hydrogen-bond donors (Lipinski definition) is 1. The molecular formula is C24H22N4O3. The molecule has 0 fully saturated rings. The van der Waals surface area contributed by atoms with Crippen LogP contribution in [-0.2, 0) is 0 Å². The van der Waals surface area contributed by atoms with Crippen LogP contribution in [0.2, 0.25) is 0 Å². The summed E-state index contributed by atoms with van der Waals surface area (Å²) in [6.45, 7) is 0. The van der Waals surface area contributed by atoms with E-state index in [0.29, 0.717) is 17.2 Å². The van der Waals surface area contributed by atoms with Gasteiger partial charge < -0.3 is 14.8 Å². The average Bonchev–Trinajstić information content (AvgIpc) is 3.33. The Balaban J connectivity index is 1.65. The number of amides is 1. The summed E-state index contributed by atoms with van der Waals surface area (Å²) in [4.78, 5) is 17.1. The minimum atomic E-state index is -0.413. The Labute approximate surface area is 180 Å². The molecule has 2 heterocycles. The van der Waals surface area contributed by atoms with Gasteiger partial charge in [0.05, 0.1) is 25.9 Å². The van der Waals surface area contributed by atoms with Crippen molar-refractivity contribution in [3.63, 3.8) is 0 Å². The SMILES string of the molecule is COc1cccc(C(NC(=O)c2ccn(-c3ccncc3)n2)c2cccc(OC)c2)c1. The number of nitrogens with one attached hydrogen (secondary N) is 1. The fourth-order valence-corrected chi connectivity index (χ4v) is 3.29. The average molecular weight is 414 g/mol. The molecule has 0 spiro atoms. The second-order valence-corrected chi connectivity index (χ2v) is 6.81. The topological polar surface area (TPSA) is 78.3 Å². The summed E-state index contributed by atoms with van der Waals surface area (Å²) in [5.41, 5.74) is 2.91. The Morgan fingerprint density at radius 3 is 2.10 bits per heavy atom. The number of ether oxygens (including phenoxy) is 2. The lowest BCUT2D eigenvalue weighted by Gasteiger charge is -2.20. The maximum atomic E-state index is 13.1. The third-order valence-corrected chi connectivity index (χ3v) is 4.88. The van der Waals surface area contributed by atoms with E-state index in [1.807, 2.05) is 60.7 Å². The van der Waals surface area contributed by atoms with Crippen LogP contribution in [0.25, 0.3) is 5.69 Å². The van der Waals surface area contributed by atoms with Gasteiger partial charge in [-0.2, -0.15) is 5.10 Å². The van der Waals surface area contributed by atoms with Gasteiger partial charge in [0.15, 0.2) is 5.69 Å². The fourth-order valence-electron chi connectivity index (χ4n) is 3.29. The predicted molar refractivity (Wildman–Crippen MR) is 117 cm³/mol. The smallest absolute Gasteiger partial charge is 0.272 e. The van der Waals surface area contributed by atoms with Crippen LogP contribution in [0.3, 0.4) is 0 Å². The van der Waals surface area contributed by atoms with E-state index in [1.165, 1.54) is 0 Å². The maximum Gasteiger partial charge on any atom is 0.272 e. The molecule has 31 heavy (non-hydrogen) atoms. The molecule has 1 amide bonds. The van der Waals surface area contributed by atoms with Crippen molar-refractivity contribution in [2.24, 2.45) is 0 Å². The van der Waals surface area contributed by atoms with Gasteiger partial charge in [-0.05, 0) is 53.6 Å². The number of aromatic nitrogens is 3. The van der Waals surface area contributed by atoms with Crippen LogP contribution in [0.5, 0.6) is 11.5 Å². The molecule has 0 bridgehead atoms. The van der Waals surface area contributed by atoms with Gasteiger partial charge >= 0.3 is 0 Å². The van der Waals surface area contributed by atoms with Gasteiger partial charge in [0, 0.05) is 18.6 Å². The van der Waals surface area contributed by atoms with Crippen molar-refractivity contribution in [3.05, 3.63) is 102 Å². The molecule has 0 saturated carbocycles. The number of carbonyl (C=O) groups excluding carboxylic acids is 1. The van der Waals surface area contributed by atoms with Crippen molar-refractivity contribution in [2.75, 3.05) is 14.2 Å². The molecular weight excluding hydrogens is 392 g/mol. The number of rotatable bonds is 7. The molecule has 0 radical (unpaired) electrons. The van der Waals surface area contributed by atoms with Crippen molar-refractivity contribution < 1.29 is 14.3 Å². The first-order chi connectivity index (χ1) is 15.2. The van der Waals surface area contributed by atoms with Crippen LogP contribution in [0, 0.1) is 0 Å². The van der Waals surface area contributed by atoms with E-state index in [2.05, 4.69) is 15.4 Å². The second-order valence-electron chi connectivity index (χ2n) is 6.81. The van der Waals surface area contributed by atoms with Crippen LogP contribution in [0.15, 0.2) is 85.3 Å². The third kappa shape index (κ3) is 4.56. The van der Waals surface area contributed by atoms with E-state index < -0.39 is 6.04 Å². The van der Waals surface area contributed by atoms with Gasteiger partial charge in [-0.3, -0.25) is 9.78 Å². The Morgan fingerprint density at radius 2 is 1.52 bits per heavy atom. The predicted octanol–water partition coefficient (Wildman–Crippen LogP) is 3.80. The third-order valence-electron chi connectivity index (χ3n) is 4.88. The van der Waals surface area contributed by atoms with Crippen molar-refractivity contribution in [1.29, 1.82) is 0 Å². The van der Waals surface area contributed by atoms with Crippen LogP contribution in [0.1, 0.15) is 27.7 Å². The number of methoxy groups -OCH3 is 2. The second kappa shape index (κ2) is 9.13. The highest BCUT2D eigenvalue weighted by molar-refractivity contribution is 5.92. The highest BCUT2D eigenvalue weighted by atomic mass is 16.5. The molecule has 1 N–H and O–H groups in total. The largest absolute Gasteiger partial charge is 0.497 e. The van der Waals surface area contributed by atoms with Gasteiger partial charge in [-0.1, -0.05) is 24.3 Å². The molecule has 2 aromatic heterocycles. The first kappa shape index (κ1) is 20.2. The highest BCUT2D eigenvalue weighted by Gasteiger charge is 2.20. The van der Waals surface area contributed by atoms with E-state index in [0.717, 1.165) is 16.8 Å². The first-order valence-electron chi connectivity index (χ1n) is 9.73. The minimum Gasteiger partial charge on any atom is -0.497 e. The molecule has 0 aliphatic rings. The summed E-state index contributed by atoms with van der Waals surface area (Å²) in [5.74, 6) is 1.13. The van der Waals surface area contributed by atoms with E-state index in [-0.39, 0.29) is 5.91 Å². The Hall–Kier alpha value is -4.13. The summed E-state index contributed by atoms with van der Waals surface area (Å²) in [6, 6.07) is 20.1. The molecule has 7 heteroatoms. The van der Waals surface area contributed by atoms with E-state index in [1.54, 1.807) is 43.6 Å². The highest BCUT2D eigenvalue weighted by Crippen LogP contribution is 2.28. The van der Waals surface area contributed by atoms with Crippen LogP contribution < -0.4 is 14.8 Å². The molecule has 0 saturated heterocycles. The van der Waals surface area contributed by atoms with Crippen molar-refractivity contribution >= 4 is 5.91 Å². The molecule has 0 atom stereocenters. The molecule has 7 nitrogen and oxygen atoms in total. The minimum absolute atomic E-state index is 0.288. The molecule has 2 aromatic carbocycles. The van der Waals surface area contributed by atoms with Crippen LogP contribution >= 0.6 is 0 Å². The zero-order chi connectivity index (χ0) is 21.6. The number of benzene rings is 2. The first-order valence-corrected chi connectivity index (χ1v) is 9.73. The molecule has 0 aliphatic heterocycles. The monoisotopic (exact) mass is 414 g/mol. The van der Waals surface area contributed by atoms with Crippen molar-refractivity contribution in [3.8, 4) is 17.2 Å². The van der Waals surface area contributed by atoms with Gasteiger partial charge in [-0.25, -0.2) is 4.68 Å². The van der Waals surface area contributed by atoms with Crippen LogP contribution in [-0.4, -0.2) is 34.9 Å².